The van der Waals surface area contributed by atoms with Gasteiger partial charge in [0.25, 0.3) is 0 Å². The third-order valence-corrected chi connectivity index (χ3v) is 4.04. The number of carbonyl (C=O) groups is 1. The van der Waals surface area contributed by atoms with E-state index in [4.69, 9.17) is 0 Å². The Kier molecular flexibility index (Phi) is 5.94. The Morgan fingerprint density at radius 3 is 2.22 bits per heavy atom. The minimum Gasteiger partial charge on any atom is -0.352 e. The Morgan fingerprint density at radius 2 is 1.56 bits per heavy atom. The normalized spacial score (nSPS) is 23.6. The molecule has 1 aliphatic heterocycles. The summed E-state index contributed by atoms with van der Waals surface area (Å²) in [6.45, 7) is 2.60. The third-order valence-electron chi connectivity index (χ3n) is 4.04. The lowest BCUT2D eigenvalue weighted by Gasteiger charge is -2.27. The number of piperidine rings is 1. The molecule has 18 heavy (non-hydrogen) atoms. The zero-order valence-corrected chi connectivity index (χ0v) is 11.4. The van der Waals surface area contributed by atoms with E-state index in [0.29, 0.717) is 12.6 Å². The molecule has 1 aliphatic carbocycles. The van der Waals surface area contributed by atoms with Gasteiger partial charge in [-0.3, -0.25) is 4.79 Å². The van der Waals surface area contributed by atoms with Gasteiger partial charge in [-0.05, 0) is 25.7 Å². The predicted octanol–water partition coefficient (Wildman–Crippen LogP) is 1.82. The van der Waals surface area contributed by atoms with Crippen LogP contribution < -0.4 is 10.7 Å². The topological polar surface area (TPSA) is 44.4 Å². The summed E-state index contributed by atoms with van der Waals surface area (Å²) in [5, 5.41) is 5.36. The third kappa shape index (κ3) is 4.94. The fraction of sp³-hybridized carbons (Fsp3) is 0.929. The molecule has 1 heterocycles. The highest BCUT2D eigenvalue weighted by Crippen LogP contribution is 2.16. The van der Waals surface area contributed by atoms with Crippen LogP contribution in [0.4, 0.5) is 0 Å². The second-order valence-corrected chi connectivity index (χ2v) is 5.64. The fourth-order valence-corrected chi connectivity index (χ4v) is 2.94. The summed E-state index contributed by atoms with van der Waals surface area (Å²) in [5.74, 6) is 0.160. The Morgan fingerprint density at radius 1 is 0.944 bits per heavy atom. The van der Waals surface area contributed by atoms with Crippen molar-refractivity contribution < 1.29 is 4.79 Å². The van der Waals surface area contributed by atoms with Gasteiger partial charge in [0.05, 0.1) is 6.54 Å². The highest BCUT2D eigenvalue weighted by atomic mass is 16.2. The molecule has 2 N–H and O–H groups in total. The summed E-state index contributed by atoms with van der Waals surface area (Å²) in [7, 11) is 0. The average Bonchev–Trinajstić information content (AvgIpc) is 2.66. The predicted molar refractivity (Wildman–Crippen MR) is 73.1 cm³/mol. The second kappa shape index (κ2) is 7.74. The van der Waals surface area contributed by atoms with Crippen molar-refractivity contribution in [3.63, 3.8) is 0 Å². The van der Waals surface area contributed by atoms with Crippen molar-refractivity contribution in [2.45, 2.75) is 63.8 Å². The van der Waals surface area contributed by atoms with E-state index < -0.39 is 0 Å². The van der Waals surface area contributed by atoms with E-state index in [0.717, 1.165) is 25.9 Å². The van der Waals surface area contributed by atoms with Crippen LogP contribution >= 0.6 is 0 Å². The molecule has 1 amide bonds. The van der Waals surface area contributed by atoms with Crippen LogP contribution in [0.5, 0.6) is 0 Å². The molecule has 0 spiro atoms. The Bertz CT molecular complexity index is 243. The van der Waals surface area contributed by atoms with Crippen molar-refractivity contribution in [3.8, 4) is 0 Å². The highest BCUT2D eigenvalue weighted by Gasteiger charge is 2.15. The molecule has 1 saturated heterocycles. The van der Waals surface area contributed by atoms with Gasteiger partial charge < -0.3 is 5.32 Å². The molecule has 0 aromatic carbocycles. The van der Waals surface area contributed by atoms with Crippen molar-refractivity contribution >= 4 is 5.91 Å². The number of hydrogen-bond acceptors (Lipinski definition) is 3. The largest absolute Gasteiger partial charge is 0.352 e. The number of nitrogens with one attached hydrogen (secondary N) is 2. The number of rotatable bonds is 4. The maximum Gasteiger partial charge on any atom is 0.235 e. The minimum absolute atomic E-state index is 0.160. The molecule has 2 rings (SSSR count). The Balaban J connectivity index is 1.61. The Hall–Kier alpha value is -0.610. The van der Waals surface area contributed by atoms with Gasteiger partial charge >= 0.3 is 0 Å². The van der Waals surface area contributed by atoms with Crippen LogP contribution in [0.1, 0.15) is 57.8 Å². The molecule has 0 bridgehead atoms. The first-order valence-corrected chi connectivity index (χ1v) is 7.62. The van der Waals surface area contributed by atoms with Gasteiger partial charge in [-0.2, -0.15) is 0 Å². The monoisotopic (exact) mass is 253 g/mol. The molecule has 0 unspecified atom stereocenters. The molecular formula is C14H27N3O. The molecule has 4 heteroatoms. The van der Waals surface area contributed by atoms with E-state index in [2.05, 4.69) is 15.8 Å². The van der Waals surface area contributed by atoms with Crippen LogP contribution in [0, 0.1) is 0 Å². The average molecular weight is 253 g/mol. The first kappa shape index (κ1) is 13.8. The van der Waals surface area contributed by atoms with E-state index in [-0.39, 0.29) is 5.91 Å². The van der Waals surface area contributed by atoms with Crippen LogP contribution in [0.15, 0.2) is 0 Å². The van der Waals surface area contributed by atoms with Crippen LogP contribution in [-0.2, 0) is 4.79 Å². The summed E-state index contributed by atoms with van der Waals surface area (Å²) < 4.78 is 0. The second-order valence-electron chi connectivity index (χ2n) is 5.64. The number of carbonyl (C=O) groups excluding carboxylic acids is 1. The maximum atomic E-state index is 11.9. The molecule has 0 atom stereocenters. The highest BCUT2D eigenvalue weighted by molar-refractivity contribution is 5.78. The van der Waals surface area contributed by atoms with Crippen LogP contribution in [0.25, 0.3) is 0 Å². The van der Waals surface area contributed by atoms with Gasteiger partial charge in [0.15, 0.2) is 0 Å². The summed E-state index contributed by atoms with van der Waals surface area (Å²) in [6, 6.07) is 0.420. The fourth-order valence-electron chi connectivity index (χ4n) is 2.94. The Labute approximate surface area is 110 Å². The molecule has 0 aromatic rings. The first-order chi connectivity index (χ1) is 8.84. The number of hydrazine groups is 1. The van der Waals surface area contributed by atoms with Crippen LogP contribution in [-0.4, -0.2) is 36.6 Å². The minimum atomic E-state index is 0.160. The van der Waals surface area contributed by atoms with Gasteiger partial charge in [-0.25, -0.2) is 10.4 Å². The molecule has 104 valence electrons. The van der Waals surface area contributed by atoms with E-state index >= 15 is 0 Å². The first-order valence-electron chi connectivity index (χ1n) is 7.62. The lowest BCUT2D eigenvalue weighted by molar-refractivity contribution is -0.122. The quantitative estimate of drug-likeness (QED) is 0.751. The molecule has 2 fully saturated rings. The smallest absolute Gasteiger partial charge is 0.235 e. The van der Waals surface area contributed by atoms with Crippen molar-refractivity contribution in [1.82, 2.24) is 15.8 Å². The van der Waals surface area contributed by atoms with E-state index in [9.17, 15) is 4.79 Å². The van der Waals surface area contributed by atoms with E-state index in [1.807, 2.05) is 0 Å². The SMILES string of the molecule is O=C(CNN1CCCCC1)NC1CCCCCC1. The number of hydrogen-bond donors (Lipinski definition) is 2. The summed E-state index contributed by atoms with van der Waals surface area (Å²) in [5.41, 5.74) is 3.25. The summed E-state index contributed by atoms with van der Waals surface area (Å²) in [6.07, 6.45) is 11.3. The molecule has 1 saturated carbocycles. The van der Waals surface area contributed by atoms with Crippen molar-refractivity contribution in [2.75, 3.05) is 19.6 Å². The van der Waals surface area contributed by atoms with Gasteiger partial charge in [-0.15, -0.1) is 0 Å². The standard InChI is InChI=1S/C14H27N3O/c18-14(12-15-17-10-6-3-7-11-17)16-13-8-4-1-2-5-9-13/h13,15H,1-12H2,(H,16,18). The molecule has 2 aliphatic rings. The lowest BCUT2D eigenvalue weighted by atomic mass is 10.1. The van der Waals surface area contributed by atoms with E-state index in [1.54, 1.807) is 0 Å². The summed E-state index contributed by atoms with van der Waals surface area (Å²) >= 11 is 0. The zero-order valence-electron chi connectivity index (χ0n) is 11.4. The van der Waals surface area contributed by atoms with Gasteiger partial charge in [-0.1, -0.05) is 32.1 Å². The molecule has 4 nitrogen and oxygen atoms in total. The molecule has 0 radical (unpaired) electrons. The van der Waals surface area contributed by atoms with Crippen molar-refractivity contribution in [3.05, 3.63) is 0 Å². The molecular weight excluding hydrogens is 226 g/mol. The van der Waals surface area contributed by atoms with Gasteiger partial charge in [0.2, 0.25) is 5.91 Å². The summed E-state index contributed by atoms with van der Waals surface area (Å²) in [4.78, 5) is 11.9. The van der Waals surface area contributed by atoms with Crippen LogP contribution in [0.3, 0.4) is 0 Å². The van der Waals surface area contributed by atoms with Gasteiger partial charge in [0.1, 0.15) is 0 Å². The maximum absolute atomic E-state index is 11.9. The van der Waals surface area contributed by atoms with Gasteiger partial charge in [0, 0.05) is 19.1 Å². The number of amides is 1. The zero-order chi connectivity index (χ0) is 12.6. The van der Waals surface area contributed by atoms with Crippen molar-refractivity contribution in [2.24, 2.45) is 0 Å². The lowest BCUT2D eigenvalue weighted by Crippen LogP contribution is -2.48. The molecule has 0 aromatic heterocycles. The van der Waals surface area contributed by atoms with E-state index in [1.165, 1.54) is 44.9 Å². The van der Waals surface area contributed by atoms with Crippen LogP contribution in [0.2, 0.25) is 0 Å². The van der Waals surface area contributed by atoms with Crippen molar-refractivity contribution in [1.29, 1.82) is 0 Å². The number of nitrogens with zero attached hydrogens (tertiary/aromatic N) is 1.